The Morgan fingerprint density at radius 1 is 1.04 bits per heavy atom. The molecule has 23 heavy (non-hydrogen) atoms. The Morgan fingerprint density at radius 3 is 2.43 bits per heavy atom. The van der Waals surface area contributed by atoms with Crippen molar-refractivity contribution in [1.82, 2.24) is 0 Å². The molecule has 0 radical (unpaired) electrons. The third-order valence-corrected chi connectivity index (χ3v) is 4.72. The summed E-state index contributed by atoms with van der Waals surface area (Å²) >= 11 is 0. The summed E-state index contributed by atoms with van der Waals surface area (Å²) in [5.74, 6) is -0.441. The number of hydrogen-bond donors (Lipinski definition) is 0. The highest BCUT2D eigenvalue weighted by atomic mass is 16.2. The first-order chi connectivity index (χ1) is 11.0. The second-order valence-corrected chi connectivity index (χ2v) is 6.37. The van der Waals surface area contributed by atoms with Crippen LogP contribution < -0.4 is 4.90 Å². The summed E-state index contributed by atoms with van der Waals surface area (Å²) in [5.41, 5.74) is 3.82. The average molecular weight is 307 g/mol. The molecule has 2 aromatic rings. The Hall–Kier alpha value is -2.42. The summed E-state index contributed by atoms with van der Waals surface area (Å²) in [7, 11) is 0. The van der Waals surface area contributed by atoms with Crippen molar-refractivity contribution in [3.63, 3.8) is 0 Å². The maximum absolute atomic E-state index is 12.9. The molecule has 0 spiro atoms. The molecule has 2 aromatic carbocycles. The molecule has 3 nitrogen and oxygen atoms in total. The van der Waals surface area contributed by atoms with E-state index in [1.807, 2.05) is 69.3 Å². The first kappa shape index (κ1) is 15.5. The standard InChI is InChI=1S/C20H21NO2/c1-13-9-10-14(2)18(11-13)21-19(22)12-17(20(21)23)15(3)16-7-5-4-6-8-16/h4-11,15,17H,12H2,1-3H3/t15-,17+/m0/s1. The largest absolute Gasteiger partial charge is 0.274 e. The molecule has 0 aliphatic carbocycles. The van der Waals surface area contributed by atoms with Gasteiger partial charge < -0.3 is 0 Å². The monoisotopic (exact) mass is 307 g/mol. The van der Waals surface area contributed by atoms with Crippen molar-refractivity contribution in [2.24, 2.45) is 5.92 Å². The van der Waals surface area contributed by atoms with Crippen LogP contribution in [0.15, 0.2) is 48.5 Å². The summed E-state index contributed by atoms with van der Waals surface area (Å²) < 4.78 is 0. The van der Waals surface area contributed by atoms with Crippen molar-refractivity contribution in [3.8, 4) is 0 Å². The van der Waals surface area contributed by atoms with Crippen molar-refractivity contribution < 1.29 is 9.59 Å². The number of rotatable bonds is 3. The highest BCUT2D eigenvalue weighted by Crippen LogP contribution is 2.36. The molecule has 0 aromatic heterocycles. The number of carbonyl (C=O) groups is 2. The Balaban J connectivity index is 1.93. The van der Waals surface area contributed by atoms with E-state index in [0.717, 1.165) is 22.4 Å². The fourth-order valence-electron chi connectivity index (χ4n) is 3.25. The van der Waals surface area contributed by atoms with Gasteiger partial charge in [-0.25, -0.2) is 0 Å². The van der Waals surface area contributed by atoms with Crippen molar-refractivity contribution in [1.29, 1.82) is 0 Å². The summed E-state index contributed by atoms with van der Waals surface area (Å²) in [6, 6.07) is 15.8. The zero-order valence-electron chi connectivity index (χ0n) is 13.7. The molecule has 1 heterocycles. The Kier molecular flexibility index (Phi) is 4.03. The molecular formula is C20H21NO2. The lowest BCUT2D eigenvalue weighted by molar-refractivity contribution is -0.122. The molecule has 0 saturated carbocycles. The van der Waals surface area contributed by atoms with Gasteiger partial charge >= 0.3 is 0 Å². The van der Waals surface area contributed by atoms with Crippen LogP contribution in [0.1, 0.15) is 36.0 Å². The van der Waals surface area contributed by atoms with Gasteiger partial charge in [0.05, 0.1) is 11.6 Å². The Bertz CT molecular complexity index is 751. The van der Waals surface area contributed by atoms with Gasteiger partial charge in [-0.15, -0.1) is 0 Å². The molecule has 1 aliphatic heterocycles. The van der Waals surface area contributed by atoms with E-state index in [-0.39, 0.29) is 30.1 Å². The Morgan fingerprint density at radius 2 is 1.74 bits per heavy atom. The van der Waals surface area contributed by atoms with Crippen molar-refractivity contribution in [2.45, 2.75) is 33.1 Å². The minimum Gasteiger partial charge on any atom is -0.274 e. The second kappa shape index (κ2) is 5.99. The maximum Gasteiger partial charge on any atom is 0.238 e. The topological polar surface area (TPSA) is 37.4 Å². The summed E-state index contributed by atoms with van der Waals surface area (Å²) in [4.78, 5) is 26.8. The molecule has 0 N–H and O–H groups in total. The van der Waals surface area contributed by atoms with E-state index in [2.05, 4.69) is 0 Å². The maximum atomic E-state index is 12.9. The van der Waals surface area contributed by atoms with Gasteiger partial charge in [-0.3, -0.25) is 14.5 Å². The van der Waals surface area contributed by atoms with Crippen LogP contribution in [0.5, 0.6) is 0 Å². The van der Waals surface area contributed by atoms with Crippen LogP contribution in [0, 0.1) is 19.8 Å². The van der Waals surface area contributed by atoms with E-state index in [1.54, 1.807) is 0 Å². The predicted octanol–water partition coefficient (Wildman–Crippen LogP) is 3.99. The van der Waals surface area contributed by atoms with Gasteiger partial charge in [-0.05, 0) is 42.5 Å². The highest BCUT2D eigenvalue weighted by Gasteiger charge is 2.42. The van der Waals surface area contributed by atoms with E-state index in [1.165, 1.54) is 4.90 Å². The number of hydrogen-bond acceptors (Lipinski definition) is 2. The molecular weight excluding hydrogens is 286 g/mol. The average Bonchev–Trinajstić information content (AvgIpc) is 2.85. The van der Waals surface area contributed by atoms with Crippen LogP contribution in [0.25, 0.3) is 0 Å². The highest BCUT2D eigenvalue weighted by molar-refractivity contribution is 6.21. The van der Waals surface area contributed by atoms with E-state index in [0.29, 0.717) is 0 Å². The lowest BCUT2D eigenvalue weighted by atomic mass is 9.86. The van der Waals surface area contributed by atoms with Gasteiger partial charge in [0.15, 0.2) is 0 Å². The number of amides is 2. The van der Waals surface area contributed by atoms with Crippen LogP contribution in [-0.2, 0) is 9.59 Å². The molecule has 1 fully saturated rings. The molecule has 3 rings (SSSR count). The van der Waals surface area contributed by atoms with Crippen LogP contribution in [0.2, 0.25) is 0 Å². The third kappa shape index (κ3) is 2.79. The lowest BCUT2D eigenvalue weighted by Gasteiger charge is -2.20. The molecule has 0 unspecified atom stereocenters. The van der Waals surface area contributed by atoms with Gasteiger partial charge in [0.25, 0.3) is 0 Å². The molecule has 1 saturated heterocycles. The second-order valence-electron chi connectivity index (χ2n) is 6.37. The summed E-state index contributed by atoms with van der Waals surface area (Å²) in [6.07, 6.45) is 0.280. The number of aryl methyl sites for hydroxylation is 2. The fraction of sp³-hybridized carbons (Fsp3) is 0.300. The number of benzene rings is 2. The quantitative estimate of drug-likeness (QED) is 0.804. The molecule has 2 atom stereocenters. The van der Waals surface area contributed by atoms with Crippen LogP contribution in [0.4, 0.5) is 5.69 Å². The van der Waals surface area contributed by atoms with Crippen molar-refractivity contribution in [3.05, 3.63) is 65.2 Å². The number of nitrogens with zero attached hydrogens (tertiary/aromatic N) is 1. The van der Waals surface area contributed by atoms with Gasteiger partial charge in [0, 0.05) is 6.42 Å². The summed E-state index contributed by atoms with van der Waals surface area (Å²) in [6.45, 7) is 5.93. The zero-order chi connectivity index (χ0) is 16.6. The van der Waals surface area contributed by atoms with E-state index < -0.39 is 0 Å². The van der Waals surface area contributed by atoms with Gasteiger partial charge in [-0.2, -0.15) is 0 Å². The van der Waals surface area contributed by atoms with Crippen LogP contribution in [0.3, 0.4) is 0 Å². The fourth-order valence-corrected chi connectivity index (χ4v) is 3.25. The zero-order valence-corrected chi connectivity index (χ0v) is 13.7. The van der Waals surface area contributed by atoms with Crippen LogP contribution in [-0.4, -0.2) is 11.8 Å². The van der Waals surface area contributed by atoms with Gasteiger partial charge in [0.1, 0.15) is 0 Å². The smallest absolute Gasteiger partial charge is 0.238 e. The summed E-state index contributed by atoms with van der Waals surface area (Å²) in [5, 5.41) is 0. The van der Waals surface area contributed by atoms with Gasteiger partial charge in [-0.1, -0.05) is 49.4 Å². The minimum absolute atomic E-state index is 0.0303. The molecule has 118 valence electrons. The SMILES string of the molecule is Cc1ccc(C)c(N2C(=O)C[C@H]([C@@H](C)c3ccccc3)C2=O)c1. The predicted molar refractivity (Wildman–Crippen MR) is 91.4 cm³/mol. The number of carbonyl (C=O) groups excluding carboxylic acids is 2. The minimum atomic E-state index is -0.287. The Labute approximate surface area is 136 Å². The molecule has 0 bridgehead atoms. The molecule has 1 aliphatic rings. The normalized spacial score (nSPS) is 19.3. The first-order valence-electron chi connectivity index (χ1n) is 7.98. The lowest BCUT2D eigenvalue weighted by Crippen LogP contribution is -2.32. The van der Waals surface area contributed by atoms with E-state index >= 15 is 0 Å². The third-order valence-electron chi connectivity index (χ3n) is 4.72. The first-order valence-corrected chi connectivity index (χ1v) is 7.98. The van der Waals surface area contributed by atoms with E-state index in [9.17, 15) is 9.59 Å². The molecule has 2 amide bonds. The van der Waals surface area contributed by atoms with Crippen molar-refractivity contribution in [2.75, 3.05) is 4.90 Å². The van der Waals surface area contributed by atoms with Gasteiger partial charge in [0.2, 0.25) is 11.8 Å². The van der Waals surface area contributed by atoms with E-state index in [4.69, 9.17) is 0 Å². The van der Waals surface area contributed by atoms with Crippen LogP contribution >= 0.6 is 0 Å². The number of imide groups is 1. The molecule has 3 heteroatoms. The number of anilines is 1. The van der Waals surface area contributed by atoms with Crippen molar-refractivity contribution >= 4 is 17.5 Å².